The van der Waals surface area contributed by atoms with E-state index in [1.165, 1.54) is 36.4 Å². The molecule has 0 bridgehead atoms. The molecular formula is C14H10BrFN2O3. The fourth-order valence-corrected chi connectivity index (χ4v) is 2.04. The monoisotopic (exact) mass is 352 g/mol. The number of carbonyl (C=O) groups excluding carboxylic acids is 1. The van der Waals surface area contributed by atoms with Gasteiger partial charge in [-0.25, -0.2) is 9.18 Å². The van der Waals surface area contributed by atoms with Gasteiger partial charge in [0, 0.05) is 0 Å². The predicted octanol–water partition coefficient (Wildman–Crippen LogP) is 3.12. The van der Waals surface area contributed by atoms with Gasteiger partial charge in [-0.1, -0.05) is 6.07 Å². The number of benzene rings is 2. The lowest BCUT2D eigenvalue weighted by atomic mass is 10.1. The Morgan fingerprint density at radius 1 is 1.24 bits per heavy atom. The van der Waals surface area contributed by atoms with Crippen LogP contribution in [0.15, 0.2) is 40.9 Å². The predicted molar refractivity (Wildman–Crippen MR) is 79.9 cm³/mol. The molecule has 0 spiro atoms. The Morgan fingerprint density at radius 3 is 2.57 bits per heavy atom. The smallest absolute Gasteiger partial charge is 0.335 e. The third-order valence-corrected chi connectivity index (χ3v) is 3.36. The van der Waals surface area contributed by atoms with Gasteiger partial charge in [-0.2, -0.15) is 0 Å². The van der Waals surface area contributed by atoms with E-state index < -0.39 is 17.7 Å². The summed E-state index contributed by atoms with van der Waals surface area (Å²) >= 11 is 2.99. The molecular weight excluding hydrogens is 343 g/mol. The second kappa shape index (κ2) is 5.92. The Bertz CT molecular complexity index is 734. The van der Waals surface area contributed by atoms with E-state index >= 15 is 0 Å². The molecule has 1 amide bonds. The number of carbonyl (C=O) groups is 2. The topological polar surface area (TPSA) is 92.4 Å². The third-order valence-electron chi connectivity index (χ3n) is 2.74. The highest BCUT2D eigenvalue weighted by Crippen LogP contribution is 2.23. The van der Waals surface area contributed by atoms with Crippen LogP contribution >= 0.6 is 15.9 Å². The fraction of sp³-hybridized carbons (Fsp3) is 0. The van der Waals surface area contributed by atoms with Gasteiger partial charge >= 0.3 is 5.97 Å². The van der Waals surface area contributed by atoms with Crippen LogP contribution in [0.1, 0.15) is 20.7 Å². The number of rotatable bonds is 3. The average molecular weight is 353 g/mol. The lowest BCUT2D eigenvalue weighted by Gasteiger charge is -2.10. The van der Waals surface area contributed by atoms with E-state index in [1.807, 2.05) is 0 Å². The van der Waals surface area contributed by atoms with Gasteiger partial charge in [-0.3, -0.25) is 4.79 Å². The van der Waals surface area contributed by atoms with Crippen LogP contribution in [0.5, 0.6) is 0 Å². The van der Waals surface area contributed by atoms with Gasteiger partial charge in [0.25, 0.3) is 5.91 Å². The van der Waals surface area contributed by atoms with Crippen LogP contribution in [0, 0.1) is 5.82 Å². The van der Waals surface area contributed by atoms with Gasteiger partial charge in [0.05, 0.1) is 27.0 Å². The Kier molecular flexibility index (Phi) is 4.23. The Morgan fingerprint density at radius 2 is 1.95 bits per heavy atom. The van der Waals surface area contributed by atoms with Gasteiger partial charge in [-0.15, -0.1) is 0 Å². The summed E-state index contributed by atoms with van der Waals surface area (Å²) in [6.07, 6.45) is 0. The number of hydrogen-bond acceptors (Lipinski definition) is 3. The highest BCUT2D eigenvalue weighted by atomic mass is 79.9. The van der Waals surface area contributed by atoms with E-state index in [0.29, 0.717) is 0 Å². The van der Waals surface area contributed by atoms with Crippen molar-refractivity contribution in [2.24, 2.45) is 0 Å². The molecule has 0 radical (unpaired) electrons. The lowest BCUT2D eigenvalue weighted by Crippen LogP contribution is -2.15. The standard InChI is InChI=1S/C14H10BrFN2O3/c15-9-3-1-2-8(12(9)16)13(19)18-11-5-4-7(14(20)21)6-10(11)17/h1-6H,17H2,(H,18,19)(H,20,21). The zero-order chi connectivity index (χ0) is 15.6. The van der Waals surface area contributed by atoms with Crippen LogP contribution in [-0.2, 0) is 0 Å². The maximum absolute atomic E-state index is 13.8. The molecule has 2 rings (SSSR count). The number of carboxylic acids is 1. The molecule has 0 unspecified atom stereocenters. The largest absolute Gasteiger partial charge is 0.478 e. The molecule has 0 aliphatic heterocycles. The number of nitrogen functional groups attached to an aromatic ring is 1. The minimum Gasteiger partial charge on any atom is -0.478 e. The summed E-state index contributed by atoms with van der Waals surface area (Å²) in [5.74, 6) is -2.49. The molecule has 2 aromatic rings. The van der Waals surface area contributed by atoms with E-state index in [1.54, 1.807) is 0 Å². The normalized spacial score (nSPS) is 10.2. The zero-order valence-electron chi connectivity index (χ0n) is 10.6. The van der Waals surface area contributed by atoms with Crippen LogP contribution in [0.3, 0.4) is 0 Å². The number of aromatic carboxylic acids is 1. The van der Waals surface area contributed by atoms with Crippen molar-refractivity contribution in [2.75, 3.05) is 11.1 Å². The minimum absolute atomic E-state index is 0.000801. The highest BCUT2D eigenvalue weighted by Gasteiger charge is 2.15. The first-order chi connectivity index (χ1) is 9.90. The fourth-order valence-electron chi connectivity index (χ4n) is 1.68. The zero-order valence-corrected chi connectivity index (χ0v) is 12.1. The summed E-state index contributed by atoms with van der Waals surface area (Å²) in [6, 6.07) is 8.20. The maximum atomic E-state index is 13.8. The summed E-state index contributed by atoms with van der Waals surface area (Å²) in [5, 5.41) is 11.3. The third kappa shape index (κ3) is 3.19. The Hall–Kier alpha value is -2.41. The van der Waals surface area contributed by atoms with E-state index in [-0.39, 0.29) is 27.0 Å². The second-order valence-electron chi connectivity index (χ2n) is 4.16. The summed E-state index contributed by atoms with van der Waals surface area (Å²) in [6.45, 7) is 0. The second-order valence-corrected chi connectivity index (χ2v) is 5.02. The molecule has 0 saturated heterocycles. The van der Waals surface area contributed by atoms with E-state index in [2.05, 4.69) is 21.2 Å². The van der Waals surface area contributed by atoms with Crippen molar-refractivity contribution in [2.45, 2.75) is 0 Å². The van der Waals surface area contributed by atoms with Crippen molar-refractivity contribution in [1.82, 2.24) is 0 Å². The van der Waals surface area contributed by atoms with Crippen molar-refractivity contribution in [1.29, 1.82) is 0 Å². The molecule has 2 aromatic carbocycles. The first-order valence-corrected chi connectivity index (χ1v) is 6.57. The van der Waals surface area contributed by atoms with Crippen LogP contribution in [0.2, 0.25) is 0 Å². The van der Waals surface area contributed by atoms with E-state index in [9.17, 15) is 14.0 Å². The Balaban J connectivity index is 2.28. The molecule has 5 nitrogen and oxygen atoms in total. The number of carboxylic acid groups (broad SMARTS) is 1. The van der Waals surface area contributed by atoms with Crippen molar-refractivity contribution in [3.05, 3.63) is 57.8 Å². The number of nitrogens with one attached hydrogen (secondary N) is 1. The van der Waals surface area contributed by atoms with Crippen LogP contribution in [0.4, 0.5) is 15.8 Å². The van der Waals surface area contributed by atoms with E-state index in [0.717, 1.165) is 0 Å². The summed E-state index contributed by atoms with van der Waals surface area (Å²) in [7, 11) is 0. The Labute approximate surface area is 127 Å². The van der Waals surface area contributed by atoms with Gasteiger partial charge in [-0.05, 0) is 46.3 Å². The van der Waals surface area contributed by atoms with Gasteiger partial charge in [0.15, 0.2) is 0 Å². The molecule has 108 valence electrons. The molecule has 7 heteroatoms. The average Bonchev–Trinajstić information content (AvgIpc) is 2.43. The molecule has 0 aliphatic rings. The lowest BCUT2D eigenvalue weighted by molar-refractivity contribution is 0.0696. The van der Waals surface area contributed by atoms with Crippen LogP contribution in [-0.4, -0.2) is 17.0 Å². The van der Waals surface area contributed by atoms with Crippen molar-refractivity contribution in [3.8, 4) is 0 Å². The number of nitrogens with two attached hydrogens (primary N) is 1. The number of halogens is 2. The molecule has 0 heterocycles. The van der Waals surface area contributed by atoms with Gasteiger partial charge < -0.3 is 16.2 Å². The number of anilines is 2. The minimum atomic E-state index is -1.13. The van der Waals surface area contributed by atoms with Crippen molar-refractivity contribution >= 4 is 39.2 Å². The molecule has 0 atom stereocenters. The van der Waals surface area contributed by atoms with E-state index in [4.69, 9.17) is 10.8 Å². The van der Waals surface area contributed by atoms with Crippen LogP contribution in [0.25, 0.3) is 0 Å². The molecule has 0 aromatic heterocycles. The maximum Gasteiger partial charge on any atom is 0.335 e. The summed E-state index contributed by atoms with van der Waals surface area (Å²) in [5.41, 5.74) is 5.82. The molecule has 21 heavy (non-hydrogen) atoms. The number of amides is 1. The number of hydrogen-bond donors (Lipinski definition) is 3. The van der Waals surface area contributed by atoms with Gasteiger partial charge in [0.2, 0.25) is 0 Å². The summed E-state index contributed by atoms with van der Waals surface area (Å²) in [4.78, 5) is 22.8. The quantitative estimate of drug-likeness (QED) is 0.740. The highest BCUT2D eigenvalue weighted by molar-refractivity contribution is 9.10. The summed E-state index contributed by atoms with van der Waals surface area (Å²) < 4.78 is 14.0. The molecule has 0 saturated carbocycles. The first kappa shape index (κ1) is 15.0. The molecule has 0 aliphatic carbocycles. The molecule has 0 fully saturated rings. The molecule has 4 N–H and O–H groups in total. The van der Waals surface area contributed by atoms with Crippen molar-refractivity contribution < 1.29 is 19.1 Å². The first-order valence-electron chi connectivity index (χ1n) is 5.78. The van der Waals surface area contributed by atoms with Crippen molar-refractivity contribution in [3.63, 3.8) is 0 Å². The van der Waals surface area contributed by atoms with Crippen LogP contribution < -0.4 is 11.1 Å². The van der Waals surface area contributed by atoms with Gasteiger partial charge in [0.1, 0.15) is 5.82 Å². The SMILES string of the molecule is Nc1cc(C(=O)O)ccc1NC(=O)c1cccc(Br)c1F.